The quantitative estimate of drug-likeness (QED) is 0.159. The molecule has 0 unspecified atom stereocenters. The predicted octanol–water partition coefficient (Wildman–Crippen LogP) is 9.60. The topological polar surface area (TPSA) is 4.93 Å². The van der Waals surface area contributed by atoms with Crippen LogP contribution in [0.1, 0.15) is 0 Å². The van der Waals surface area contributed by atoms with Crippen LogP contribution >= 0.6 is 0 Å². The summed E-state index contributed by atoms with van der Waals surface area (Å²) >= 11 is 0. The van der Waals surface area contributed by atoms with Gasteiger partial charge in [-0.3, -0.25) is 0 Å². The van der Waals surface area contributed by atoms with Gasteiger partial charge < -0.3 is 4.57 Å². The summed E-state index contributed by atoms with van der Waals surface area (Å²) in [6.45, 7) is 4.79. The third-order valence-electron chi connectivity index (χ3n) is 8.54. The Morgan fingerprint density at radius 2 is 1.07 bits per heavy atom. The van der Waals surface area contributed by atoms with E-state index in [0.29, 0.717) is 0 Å². The molecule has 2 heteroatoms. The van der Waals surface area contributed by atoms with Crippen LogP contribution in [0.15, 0.2) is 133 Å². The Labute approximate surface area is 235 Å². The third kappa shape index (κ3) is 3.33. The van der Waals surface area contributed by atoms with Gasteiger partial charge in [-0.05, 0) is 56.9 Å². The molecule has 0 saturated carbocycles. The SMILES string of the molecule is C[SiH](C)c1ccc(-n2c3ccccc3c3c4c5ccccc5c(-c5ccccc5)cc4c4ccccc4c32)cc1. The maximum Gasteiger partial charge on any atom is 0.0647 e. The minimum absolute atomic E-state index is 0.870. The smallest absolute Gasteiger partial charge is 0.0647 e. The van der Waals surface area contributed by atoms with E-state index in [2.05, 4.69) is 151 Å². The first kappa shape index (κ1) is 23.2. The zero-order valence-corrected chi connectivity index (χ0v) is 23.9. The monoisotopic (exact) mass is 527 g/mol. The van der Waals surface area contributed by atoms with Crippen molar-refractivity contribution in [2.24, 2.45) is 0 Å². The number of nitrogens with zero attached hydrogens (tertiary/aromatic N) is 1. The molecule has 1 aromatic heterocycles. The molecule has 0 saturated heterocycles. The molecule has 0 aliphatic rings. The molecular weight excluding hydrogens is 499 g/mol. The average molecular weight is 528 g/mol. The highest BCUT2D eigenvalue weighted by Gasteiger charge is 2.21. The van der Waals surface area contributed by atoms with E-state index in [1.54, 1.807) is 0 Å². The molecular formula is C38H29NSi. The second-order valence-electron chi connectivity index (χ2n) is 11.1. The fraction of sp³-hybridized carbons (Fsp3) is 0.0526. The maximum absolute atomic E-state index is 2.50. The number of hydrogen-bond donors (Lipinski definition) is 0. The zero-order chi connectivity index (χ0) is 26.8. The predicted molar refractivity (Wildman–Crippen MR) is 177 cm³/mol. The van der Waals surface area contributed by atoms with Crippen molar-refractivity contribution in [2.45, 2.75) is 13.1 Å². The Balaban J connectivity index is 1.63. The van der Waals surface area contributed by atoms with E-state index in [1.807, 2.05) is 0 Å². The van der Waals surface area contributed by atoms with Crippen LogP contribution in [-0.4, -0.2) is 13.4 Å². The molecule has 190 valence electrons. The van der Waals surface area contributed by atoms with Crippen LogP contribution in [0.25, 0.3) is 70.9 Å². The first-order valence-corrected chi connectivity index (χ1v) is 17.0. The lowest BCUT2D eigenvalue weighted by Gasteiger charge is -2.16. The van der Waals surface area contributed by atoms with Crippen LogP contribution in [0.4, 0.5) is 0 Å². The van der Waals surface area contributed by atoms with Crippen molar-refractivity contribution in [2.75, 3.05) is 0 Å². The van der Waals surface area contributed by atoms with Gasteiger partial charge in [0.2, 0.25) is 0 Å². The van der Waals surface area contributed by atoms with Gasteiger partial charge in [0, 0.05) is 27.2 Å². The molecule has 40 heavy (non-hydrogen) atoms. The summed E-state index contributed by atoms with van der Waals surface area (Å²) in [5, 5.41) is 12.0. The van der Waals surface area contributed by atoms with Crippen LogP contribution in [-0.2, 0) is 0 Å². The van der Waals surface area contributed by atoms with Crippen molar-refractivity contribution in [1.82, 2.24) is 4.57 Å². The highest BCUT2D eigenvalue weighted by Crippen LogP contribution is 2.46. The molecule has 8 rings (SSSR count). The Hall–Kier alpha value is -4.66. The number of rotatable bonds is 3. The first-order chi connectivity index (χ1) is 19.7. The fourth-order valence-corrected chi connectivity index (χ4v) is 7.62. The molecule has 0 aliphatic heterocycles. The van der Waals surface area contributed by atoms with Gasteiger partial charge in [-0.1, -0.05) is 127 Å². The highest BCUT2D eigenvalue weighted by molar-refractivity contribution is 6.70. The van der Waals surface area contributed by atoms with Crippen LogP contribution in [0.5, 0.6) is 0 Å². The number of benzene rings is 7. The van der Waals surface area contributed by atoms with Crippen LogP contribution in [0.2, 0.25) is 13.1 Å². The number of fused-ring (bicyclic) bond motifs is 10. The minimum Gasteiger partial charge on any atom is -0.309 e. The van der Waals surface area contributed by atoms with Gasteiger partial charge >= 0.3 is 0 Å². The lowest BCUT2D eigenvalue weighted by atomic mass is 9.88. The molecule has 0 amide bonds. The second-order valence-corrected chi connectivity index (χ2v) is 14.1. The van der Waals surface area contributed by atoms with E-state index in [0.717, 1.165) is 0 Å². The highest BCUT2D eigenvalue weighted by atomic mass is 28.3. The molecule has 8 aromatic rings. The van der Waals surface area contributed by atoms with Crippen molar-refractivity contribution in [3.8, 4) is 16.8 Å². The van der Waals surface area contributed by atoms with E-state index >= 15 is 0 Å². The second kappa shape index (κ2) is 8.94. The van der Waals surface area contributed by atoms with Crippen LogP contribution < -0.4 is 5.19 Å². The molecule has 0 N–H and O–H groups in total. The summed E-state index contributed by atoms with van der Waals surface area (Å²) in [4.78, 5) is 0. The Morgan fingerprint density at radius 1 is 0.475 bits per heavy atom. The molecule has 7 aromatic carbocycles. The zero-order valence-electron chi connectivity index (χ0n) is 22.7. The van der Waals surface area contributed by atoms with Crippen molar-refractivity contribution in [3.63, 3.8) is 0 Å². The molecule has 1 nitrogen and oxygen atoms in total. The lowest BCUT2D eigenvalue weighted by Crippen LogP contribution is -2.21. The fourth-order valence-electron chi connectivity index (χ4n) is 6.66. The van der Waals surface area contributed by atoms with Gasteiger partial charge in [0.25, 0.3) is 0 Å². The average Bonchev–Trinajstić information content (AvgIpc) is 3.36. The van der Waals surface area contributed by atoms with Crippen molar-refractivity contribution in [1.29, 1.82) is 0 Å². The summed E-state index contributed by atoms with van der Waals surface area (Å²) in [5.74, 6) is 0. The lowest BCUT2D eigenvalue weighted by molar-refractivity contribution is 1.19. The van der Waals surface area contributed by atoms with Gasteiger partial charge in [0.05, 0.1) is 19.8 Å². The third-order valence-corrected chi connectivity index (χ3v) is 10.3. The standard InChI is InChI=1S/C38H29NSi/c1-40(2)27-22-20-26(21-23-27)39-35-19-11-10-18-32(35)37-36-30-16-8-6-14-28(30)33(25-12-4-3-5-13-25)24-34(36)29-15-7-9-17-31(29)38(37)39/h3-24,40H,1-2H3. The number of hydrogen-bond acceptors (Lipinski definition) is 0. The Morgan fingerprint density at radius 3 is 1.80 bits per heavy atom. The van der Waals surface area contributed by atoms with Gasteiger partial charge in [-0.25, -0.2) is 0 Å². The molecule has 0 bridgehead atoms. The maximum atomic E-state index is 2.50. The van der Waals surface area contributed by atoms with Gasteiger partial charge in [-0.15, -0.1) is 0 Å². The first-order valence-electron chi connectivity index (χ1n) is 14.2. The van der Waals surface area contributed by atoms with Gasteiger partial charge in [-0.2, -0.15) is 0 Å². The normalized spacial score (nSPS) is 12.0. The van der Waals surface area contributed by atoms with Gasteiger partial charge in [0.15, 0.2) is 0 Å². The number of para-hydroxylation sites is 1. The van der Waals surface area contributed by atoms with Crippen LogP contribution in [0.3, 0.4) is 0 Å². The van der Waals surface area contributed by atoms with E-state index < -0.39 is 8.80 Å². The number of aromatic nitrogens is 1. The minimum atomic E-state index is -0.870. The summed E-state index contributed by atoms with van der Waals surface area (Å²) < 4.78 is 2.50. The molecule has 0 aliphatic carbocycles. The molecule has 0 fully saturated rings. The van der Waals surface area contributed by atoms with Gasteiger partial charge in [0.1, 0.15) is 0 Å². The Kier molecular flexibility index (Phi) is 5.19. The van der Waals surface area contributed by atoms with E-state index in [1.165, 1.54) is 76.1 Å². The van der Waals surface area contributed by atoms with E-state index in [-0.39, 0.29) is 0 Å². The molecule has 0 radical (unpaired) electrons. The Bertz CT molecular complexity index is 2220. The molecule has 1 heterocycles. The summed E-state index contributed by atoms with van der Waals surface area (Å²) in [7, 11) is -0.870. The summed E-state index contributed by atoms with van der Waals surface area (Å²) in [6.07, 6.45) is 0. The molecule has 0 atom stereocenters. The van der Waals surface area contributed by atoms with Crippen molar-refractivity contribution < 1.29 is 0 Å². The van der Waals surface area contributed by atoms with E-state index in [9.17, 15) is 0 Å². The van der Waals surface area contributed by atoms with E-state index in [4.69, 9.17) is 0 Å². The van der Waals surface area contributed by atoms with Crippen molar-refractivity contribution >= 4 is 68.1 Å². The van der Waals surface area contributed by atoms with Crippen molar-refractivity contribution in [3.05, 3.63) is 133 Å². The summed E-state index contributed by atoms with van der Waals surface area (Å²) in [6, 6.07) is 49.4. The largest absolute Gasteiger partial charge is 0.309 e. The molecule has 0 spiro atoms. The summed E-state index contributed by atoms with van der Waals surface area (Å²) in [5.41, 5.74) is 6.29. The van der Waals surface area contributed by atoms with Crippen LogP contribution in [0, 0.1) is 0 Å².